The first-order chi connectivity index (χ1) is 12.0. The number of halogens is 2. The molecule has 1 fully saturated rings. The van der Waals surface area contributed by atoms with E-state index < -0.39 is 11.7 Å². The molecule has 2 rings (SSSR count). The topological polar surface area (TPSA) is 58.2 Å². The molecule has 0 spiro atoms. The molecule has 0 heterocycles. The van der Waals surface area contributed by atoms with Gasteiger partial charge in [-0.05, 0) is 43.4 Å². The lowest BCUT2D eigenvalue weighted by atomic mass is 9.97. The molecule has 0 bridgehead atoms. The minimum absolute atomic E-state index is 0.0427. The lowest BCUT2D eigenvalue weighted by Crippen LogP contribution is -2.39. The van der Waals surface area contributed by atoms with Gasteiger partial charge in [-0.2, -0.15) is 0 Å². The predicted octanol–water partition coefficient (Wildman–Crippen LogP) is 4.07. The van der Waals surface area contributed by atoms with Crippen LogP contribution in [-0.4, -0.2) is 24.4 Å². The highest BCUT2D eigenvalue weighted by Crippen LogP contribution is 2.29. The van der Waals surface area contributed by atoms with Gasteiger partial charge in [0.1, 0.15) is 5.82 Å². The summed E-state index contributed by atoms with van der Waals surface area (Å²) in [6.07, 6.45) is 7.16. The quantitative estimate of drug-likeness (QED) is 0.726. The number of hydrogen-bond donors (Lipinski definition) is 2. The smallest absolute Gasteiger partial charge is 0.252 e. The molecule has 2 N–H and O–H groups in total. The Balaban J connectivity index is 1.73. The minimum atomic E-state index is -0.491. The van der Waals surface area contributed by atoms with Crippen molar-refractivity contribution in [3.8, 4) is 0 Å². The standard InChI is InChI=1S/C19H26ClFN2O2/c1-2-3-5-13-6-4-7-17(13)23-18(24)10-11-22-19(25)15-9-8-14(21)12-16(15)20/h8-9,12-13,17H,2-7,10-11H2,1H3,(H,22,25)(H,23,24). The van der Waals surface area contributed by atoms with Gasteiger partial charge in [-0.1, -0.05) is 37.8 Å². The van der Waals surface area contributed by atoms with Crippen molar-refractivity contribution in [1.29, 1.82) is 0 Å². The van der Waals surface area contributed by atoms with E-state index in [0.29, 0.717) is 5.92 Å². The van der Waals surface area contributed by atoms with Crippen LogP contribution >= 0.6 is 11.6 Å². The summed E-state index contributed by atoms with van der Waals surface area (Å²) in [5.41, 5.74) is 0.207. The van der Waals surface area contributed by atoms with Crippen LogP contribution in [-0.2, 0) is 4.79 Å². The van der Waals surface area contributed by atoms with Gasteiger partial charge in [0.05, 0.1) is 10.6 Å². The van der Waals surface area contributed by atoms with E-state index in [4.69, 9.17) is 11.6 Å². The van der Waals surface area contributed by atoms with Crippen molar-refractivity contribution in [2.24, 2.45) is 5.92 Å². The third-order valence-electron chi connectivity index (χ3n) is 4.75. The maximum Gasteiger partial charge on any atom is 0.252 e. The predicted molar refractivity (Wildman–Crippen MR) is 97.2 cm³/mol. The molecule has 0 saturated heterocycles. The molecule has 138 valence electrons. The second kappa shape index (κ2) is 9.76. The highest BCUT2D eigenvalue weighted by molar-refractivity contribution is 6.33. The molecule has 25 heavy (non-hydrogen) atoms. The summed E-state index contributed by atoms with van der Waals surface area (Å²) in [5, 5.41) is 5.82. The molecule has 0 aliphatic heterocycles. The van der Waals surface area contributed by atoms with E-state index in [-0.39, 0.29) is 35.5 Å². The molecule has 4 nitrogen and oxygen atoms in total. The third kappa shape index (κ3) is 5.99. The average Bonchev–Trinajstić information content (AvgIpc) is 2.99. The van der Waals surface area contributed by atoms with Crippen LogP contribution in [0.1, 0.15) is 62.2 Å². The normalized spacial score (nSPS) is 19.6. The van der Waals surface area contributed by atoms with E-state index in [1.165, 1.54) is 44.2 Å². The molecular formula is C19H26ClFN2O2. The Labute approximate surface area is 153 Å². The summed E-state index contributed by atoms with van der Waals surface area (Å²) in [6, 6.07) is 3.88. The lowest BCUT2D eigenvalue weighted by Gasteiger charge is -2.21. The summed E-state index contributed by atoms with van der Waals surface area (Å²) in [4.78, 5) is 24.1. The Morgan fingerprint density at radius 3 is 2.84 bits per heavy atom. The summed E-state index contributed by atoms with van der Waals surface area (Å²) in [6.45, 7) is 2.41. The molecule has 1 aliphatic rings. The van der Waals surface area contributed by atoms with Crippen LogP contribution in [0.15, 0.2) is 18.2 Å². The van der Waals surface area contributed by atoms with Crippen LogP contribution in [0.25, 0.3) is 0 Å². The van der Waals surface area contributed by atoms with E-state index in [2.05, 4.69) is 17.6 Å². The van der Waals surface area contributed by atoms with Gasteiger partial charge in [0.15, 0.2) is 0 Å². The zero-order valence-corrected chi connectivity index (χ0v) is 15.4. The third-order valence-corrected chi connectivity index (χ3v) is 5.06. The fourth-order valence-electron chi connectivity index (χ4n) is 3.38. The zero-order valence-electron chi connectivity index (χ0n) is 14.6. The first kappa shape index (κ1) is 19.7. The van der Waals surface area contributed by atoms with Crippen molar-refractivity contribution in [3.05, 3.63) is 34.6 Å². The van der Waals surface area contributed by atoms with E-state index in [1.807, 2.05) is 0 Å². The van der Waals surface area contributed by atoms with Crippen molar-refractivity contribution in [3.63, 3.8) is 0 Å². The Kier molecular flexibility index (Phi) is 7.69. The van der Waals surface area contributed by atoms with Crippen molar-refractivity contribution >= 4 is 23.4 Å². The number of benzene rings is 1. The molecule has 1 aromatic carbocycles. The van der Waals surface area contributed by atoms with Crippen LogP contribution in [0, 0.1) is 11.7 Å². The van der Waals surface area contributed by atoms with Gasteiger partial charge >= 0.3 is 0 Å². The number of unbranched alkanes of at least 4 members (excludes halogenated alkanes) is 1. The number of hydrogen-bond acceptors (Lipinski definition) is 2. The molecule has 1 aromatic rings. The molecule has 0 aromatic heterocycles. The van der Waals surface area contributed by atoms with Gasteiger partial charge < -0.3 is 10.6 Å². The summed E-state index contributed by atoms with van der Waals surface area (Å²) < 4.78 is 13.0. The van der Waals surface area contributed by atoms with Crippen LogP contribution in [0.5, 0.6) is 0 Å². The van der Waals surface area contributed by atoms with Gasteiger partial charge in [-0.3, -0.25) is 9.59 Å². The highest BCUT2D eigenvalue weighted by Gasteiger charge is 2.27. The molecule has 0 radical (unpaired) electrons. The van der Waals surface area contributed by atoms with Gasteiger partial charge in [0.2, 0.25) is 5.91 Å². The van der Waals surface area contributed by atoms with Crippen LogP contribution in [0.2, 0.25) is 5.02 Å². The molecule has 1 saturated carbocycles. The minimum Gasteiger partial charge on any atom is -0.353 e. The van der Waals surface area contributed by atoms with Crippen LogP contribution in [0.3, 0.4) is 0 Å². The van der Waals surface area contributed by atoms with E-state index in [0.717, 1.165) is 12.5 Å². The Bertz CT molecular complexity index is 609. The molecular weight excluding hydrogens is 343 g/mol. The van der Waals surface area contributed by atoms with Gasteiger partial charge in [-0.25, -0.2) is 4.39 Å². The largest absolute Gasteiger partial charge is 0.353 e. The first-order valence-electron chi connectivity index (χ1n) is 9.04. The average molecular weight is 369 g/mol. The summed E-state index contributed by atoms with van der Waals surface area (Å²) in [5.74, 6) is -0.356. The highest BCUT2D eigenvalue weighted by atomic mass is 35.5. The molecule has 2 amide bonds. The fraction of sp³-hybridized carbons (Fsp3) is 0.579. The fourth-order valence-corrected chi connectivity index (χ4v) is 3.63. The van der Waals surface area contributed by atoms with E-state index in [1.54, 1.807) is 0 Å². The van der Waals surface area contributed by atoms with Crippen molar-refractivity contribution in [2.45, 2.75) is 57.9 Å². The molecule has 6 heteroatoms. The van der Waals surface area contributed by atoms with Crippen molar-refractivity contribution < 1.29 is 14.0 Å². The van der Waals surface area contributed by atoms with Crippen molar-refractivity contribution in [1.82, 2.24) is 10.6 Å². The zero-order chi connectivity index (χ0) is 18.2. The van der Waals surface area contributed by atoms with Gasteiger partial charge in [0, 0.05) is 19.0 Å². The monoisotopic (exact) mass is 368 g/mol. The van der Waals surface area contributed by atoms with Crippen LogP contribution < -0.4 is 10.6 Å². The molecule has 2 unspecified atom stereocenters. The second-order valence-corrected chi connectivity index (χ2v) is 7.04. The lowest BCUT2D eigenvalue weighted by molar-refractivity contribution is -0.121. The Morgan fingerprint density at radius 2 is 2.12 bits per heavy atom. The number of amides is 2. The summed E-state index contributed by atoms with van der Waals surface area (Å²) >= 11 is 5.86. The number of carbonyl (C=O) groups excluding carboxylic acids is 2. The molecule has 2 atom stereocenters. The van der Waals surface area contributed by atoms with Crippen LogP contribution in [0.4, 0.5) is 4.39 Å². The second-order valence-electron chi connectivity index (χ2n) is 6.64. The number of rotatable bonds is 8. The Morgan fingerprint density at radius 1 is 1.32 bits per heavy atom. The SMILES string of the molecule is CCCCC1CCCC1NC(=O)CCNC(=O)c1ccc(F)cc1Cl. The number of carbonyl (C=O) groups is 2. The maximum absolute atomic E-state index is 13.0. The van der Waals surface area contributed by atoms with Crippen molar-refractivity contribution in [2.75, 3.05) is 6.54 Å². The molecule has 1 aliphatic carbocycles. The maximum atomic E-state index is 13.0. The first-order valence-corrected chi connectivity index (χ1v) is 9.41. The van der Waals surface area contributed by atoms with Gasteiger partial charge in [0.25, 0.3) is 5.91 Å². The van der Waals surface area contributed by atoms with E-state index in [9.17, 15) is 14.0 Å². The van der Waals surface area contributed by atoms with E-state index >= 15 is 0 Å². The summed E-state index contributed by atoms with van der Waals surface area (Å²) in [7, 11) is 0. The number of nitrogens with one attached hydrogen (secondary N) is 2. The Hall–Kier alpha value is -1.62. The van der Waals surface area contributed by atoms with Gasteiger partial charge in [-0.15, -0.1) is 0 Å².